The van der Waals surface area contributed by atoms with Crippen LogP contribution in [0.2, 0.25) is 0 Å². The molecule has 1 aromatic heterocycles. The van der Waals surface area contributed by atoms with E-state index in [2.05, 4.69) is 9.71 Å². The van der Waals surface area contributed by atoms with Gasteiger partial charge in [0.05, 0.1) is 18.3 Å². The average Bonchev–Trinajstić information content (AvgIpc) is 2.83. The molecule has 2 N–H and O–H groups in total. The summed E-state index contributed by atoms with van der Waals surface area (Å²) in [6.07, 6.45) is 3.78. The summed E-state index contributed by atoms with van der Waals surface area (Å²) in [5.74, 6) is -0.172. The number of pyridine rings is 1. The summed E-state index contributed by atoms with van der Waals surface area (Å²) in [5.41, 5.74) is 1.71. The molecule has 7 nitrogen and oxygen atoms in total. The Morgan fingerprint density at radius 1 is 1.23 bits per heavy atom. The molecule has 1 unspecified atom stereocenters. The Morgan fingerprint density at radius 2 is 1.95 bits per heavy atom. The van der Waals surface area contributed by atoms with E-state index < -0.39 is 16.3 Å². The van der Waals surface area contributed by atoms with Gasteiger partial charge in [0.1, 0.15) is 12.0 Å². The molecule has 1 aliphatic rings. The van der Waals surface area contributed by atoms with Crippen LogP contribution in [0.3, 0.4) is 0 Å². The van der Waals surface area contributed by atoms with Crippen molar-refractivity contribution in [3.05, 3.63) is 42.7 Å². The summed E-state index contributed by atoms with van der Waals surface area (Å²) < 4.78 is 27.3. The van der Waals surface area contributed by atoms with Gasteiger partial charge in [-0.15, -0.1) is 0 Å². The Bertz CT molecular complexity index is 808. The molecular formula is C14H13N3O4S. The summed E-state index contributed by atoms with van der Waals surface area (Å²) in [6.45, 7) is -0.0564. The molecule has 0 bridgehead atoms. The number of phenols is 1. The topological polar surface area (TPSA) is 99.6 Å². The SMILES string of the molecule is O=CC1CN(c2cc(-c3ccncc3)ccc2O)S(=O)(=O)N1. The zero-order chi connectivity index (χ0) is 15.7. The number of aromatic nitrogens is 1. The number of anilines is 1. The first-order valence-corrected chi connectivity index (χ1v) is 7.94. The van der Waals surface area contributed by atoms with Crippen molar-refractivity contribution in [2.45, 2.75) is 6.04 Å². The molecule has 2 aromatic rings. The number of aldehydes is 1. The maximum absolute atomic E-state index is 12.1. The Hall–Kier alpha value is -2.45. The first-order valence-electron chi connectivity index (χ1n) is 6.50. The van der Waals surface area contributed by atoms with E-state index in [0.29, 0.717) is 6.29 Å². The third kappa shape index (κ3) is 2.53. The Labute approximate surface area is 127 Å². The zero-order valence-corrected chi connectivity index (χ0v) is 12.2. The molecule has 1 aromatic carbocycles. The van der Waals surface area contributed by atoms with Gasteiger partial charge in [-0.3, -0.25) is 9.29 Å². The zero-order valence-electron chi connectivity index (χ0n) is 11.4. The Kier molecular flexibility index (Phi) is 3.55. The lowest BCUT2D eigenvalue weighted by molar-refractivity contribution is -0.108. The highest BCUT2D eigenvalue weighted by atomic mass is 32.2. The van der Waals surface area contributed by atoms with E-state index in [4.69, 9.17) is 0 Å². The molecule has 22 heavy (non-hydrogen) atoms. The molecular weight excluding hydrogens is 306 g/mol. The second-order valence-electron chi connectivity index (χ2n) is 4.84. The van der Waals surface area contributed by atoms with Crippen molar-refractivity contribution < 1.29 is 18.3 Å². The summed E-state index contributed by atoms with van der Waals surface area (Å²) in [6, 6.07) is 7.41. The van der Waals surface area contributed by atoms with Crippen LogP contribution in [0.15, 0.2) is 42.7 Å². The minimum absolute atomic E-state index is 0.0564. The molecule has 1 fully saturated rings. The molecule has 0 saturated carbocycles. The van der Waals surface area contributed by atoms with Gasteiger partial charge in [0.2, 0.25) is 0 Å². The second-order valence-corrected chi connectivity index (χ2v) is 6.46. The molecule has 2 heterocycles. The van der Waals surface area contributed by atoms with Crippen molar-refractivity contribution in [3.8, 4) is 16.9 Å². The average molecular weight is 319 g/mol. The van der Waals surface area contributed by atoms with Crippen molar-refractivity contribution in [2.24, 2.45) is 0 Å². The summed E-state index contributed by atoms with van der Waals surface area (Å²) >= 11 is 0. The predicted molar refractivity (Wildman–Crippen MR) is 80.6 cm³/mol. The van der Waals surface area contributed by atoms with Gasteiger partial charge in [-0.1, -0.05) is 6.07 Å². The van der Waals surface area contributed by atoms with Crippen LogP contribution >= 0.6 is 0 Å². The fraction of sp³-hybridized carbons (Fsp3) is 0.143. The van der Waals surface area contributed by atoms with E-state index in [9.17, 15) is 18.3 Å². The molecule has 1 atom stereocenters. The van der Waals surface area contributed by atoms with Crippen LogP contribution in [0.4, 0.5) is 5.69 Å². The molecule has 1 saturated heterocycles. The van der Waals surface area contributed by atoms with E-state index in [1.807, 2.05) is 0 Å². The van der Waals surface area contributed by atoms with Crippen LogP contribution < -0.4 is 9.03 Å². The number of nitrogens with zero attached hydrogens (tertiary/aromatic N) is 2. The van der Waals surface area contributed by atoms with Crippen molar-refractivity contribution in [2.75, 3.05) is 10.8 Å². The van der Waals surface area contributed by atoms with Crippen LogP contribution in [0, 0.1) is 0 Å². The van der Waals surface area contributed by atoms with Gasteiger partial charge in [-0.25, -0.2) is 0 Å². The molecule has 3 rings (SSSR count). The van der Waals surface area contributed by atoms with Crippen LogP contribution in [-0.4, -0.2) is 37.4 Å². The summed E-state index contributed by atoms with van der Waals surface area (Å²) in [4.78, 5) is 14.7. The summed E-state index contributed by atoms with van der Waals surface area (Å²) in [7, 11) is -3.84. The van der Waals surface area contributed by atoms with Gasteiger partial charge in [0, 0.05) is 12.4 Å². The number of rotatable bonds is 3. The van der Waals surface area contributed by atoms with E-state index in [1.165, 1.54) is 6.07 Å². The molecule has 8 heteroatoms. The summed E-state index contributed by atoms with van der Waals surface area (Å²) in [5, 5.41) is 10.00. The van der Waals surface area contributed by atoms with Gasteiger partial charge in [-0.05, 0) is 35.4 Å². The lowest BCUT2D eigenvalue weighted by Crippen LogP contribution is -2.30. The molecule has 1 aliphatic heterocycles. The maximum atomic E-state index is 12.1. The lowest BCUT2D eigenvalue weighted by Gasteiger charge is -2.18. The van der Waals surface area contributed by atoms with E-state index in [-0.39, 0.29) is 18.0 Å². The number of carbonyl (C=O) groups excluding carboxylic acids is 1. The number of hydrogen-bond donors (Lipinski definition) is 2. The van der Waals surface area contributed by atoms with Crippen molar-refractivity contribution >= 4 is 22.2 Å². The minimum atomic E-state index is -3.84. The highest BCUT2D eigenvalue weighted by molar-refractivity contribution is 7.91. The van der Waals surface area contributed by atoms with Crippen molar-refractivity contribution in [3.63, 3.8) is 0 Å². The van der Waals surface area contributed by atoms with Crippen LogP contribution in [-0.2, 0) is 15.0 Å². The van der Waals surface area contributed by atoms with Crippen LogP contribution in [0.5, 0.6) is 5.75 Å². The monoisotopic (exact) mass is 319 g/mol. The molecule has 0 spiro atoms. The first-order chi connectivity index (χ1) is 10.5. The number of phenolic OH excluding ortho intramolecular Hbond substituents is 1. The van der Waals surface area contributed by atoms with Crippen LogP contribution in [0.25, 0.3) is 11.1 Å². The van der Waals surface area contributed by atoms with Gasteiger partial charge in [0.15, 0.2) is 0 Å². The van der Waals surface area contributed by atoms with Gasteiger partial charge in [-0.2, -0.15) is 13.1 Å². The minimum Gasteiger partial charge on any atom is -0.506 e. The molecule has 0 amide bonds. The number of aromatic hydroxyl groups is 1. The number of benzene rings is 1. The van der Waals surface area contributed by atoms with Gasteiger partial charge < -0.3 is 9.90 Å². The predicted octanol–water partition coefficient (Wildman–Crippen LogP) is 0.676. The van der Waals surface area contributed by atoms with E-state index in [0.717, 1.165) is 15.4 Å². The third-order valence-electron chi connectivity index (χ3n) is 3.37. The van der Waals surface area contributed by atoms with Crippen molar-refractivity contribution in [1.29, 1.82) is 0 Å². The van der Waals surface area contributed by atoms with E-state index in [1.54, 1.807) is 36.7 Å². The Morgan fingerprint density at radius 3 is 2.59 bits per heavy atom. The highest BCUT2D eigenvalue weighted by Crippen LogP contribution is 2.35. The third-order valence-corrected chi connectivity index (χ3v) is 4.90. The fourth-order valence-electron chi connectivity index (χ4n) is 2.31. The standard InChI is InChI=1S/C14H13N3O4S/c18-9-12-8-17(22(20,21)16-12)13-7-11(1-2-14(13)19)10-3-5-15-6-4-10/h1-7,9,12,16,19H,8H2. The van der Waals surface area contributed by atoms with E-state index >= 15 is 0 Å². The first kappa shape index (κ1) is 14.5. The normalized spacial score (nSPS) is 20.0. The lowest BCUT2D eigenvalue weighted by atomic mass is 10.1. The molecule has 114 valence electrons. The fourth-order valence-corrected chi connectivity index (χ4v) is 3.72. The Balaban J connectivity index is 2.06. The smallest absolute Gasteiger partial charge is 0.302 e. The number of nitrogens with one attached hydrogen (secondary N) is 1. The van der Waals surface area contributed by atoms with Crippen LogP contribution in [0.1, 0.15) is 0 Å². The quantitative estimate of drug-likeness (QED) is 0.810. The van der Waals surface area contributed by atoms with Gasteiger partial charge in [0.25, 0.3) is 0 Å². The largest absolute Gasteiger partial charge is 0.506 e. The molecule has 0 aliphatic carbocycles. The highest BCUT2D eigenvalue weighted by Gasteiger charge is 2.36. The second kappa shape index (κ2) is 5.39. The van der Waals surface area contributed by atoms with Gasteiger partial charge >= 0.3 is 10.2 Å². The molecule has 0 radical (unpaired) electrons. The number of carbonyl (C=O) groups is 1. The van der Waals surface area contributed by atoms with Crippen molar-refractivity contribution in [1.82, 2.24) is 9.71 Å². The number of hydrogen-bond acceptors (Lipinski definition) is 5. The maximum Gasteiger partial charge on any atom is 0.302 e.